The summed E-state index contributed by atoms with van der Waals surface area (Å²) in [6, 6.07) is 18.3. The summed E-state index contributed by atoms with van der Waals surface area (Å²) in [5.74, 6) is -0.334. The highest BCUT2D eigenvalue weighted by atomic mass is 16.5. The lowest BCUT2D eigenvalue weighted by atomic mass is 10.0. The molecule has 2 aromatic carbocycles. The van der Waals surface area contributed by atoms with Crippen LogP contribution < -0.4 is 10.6 Å². The molecule has 0 saturated carbocycles. The summed E-state index contributed by atoms with van der Waals surface area (Å²) in [6.45, 7) is 5.66. The van der Waals surface area contributed by atoms with Crippen molar-refractivity contribution < 1.29 is 18.7 Å². The Bertz CT molecular complexity index is 1040. The fraction of sp³-hybridized carbons (Fsp3) is 0.280. The first kappa shape index (κ1) is 21.8. The molecule has 2 heterocycles. The van der Waals surface area contributed by atoms with Crippen molar-refractivity contribution in [1.82, 2.24) is 10.2 Å². The van der Waals surface area contributed by atoms with E-state index in [-0.39, 0.29) is 23.6 Å². The molecule has 0 spiro atoms. The van der Waals surface area contributed by atoms with E-state index in [0.29, 0.717) is 31.0 Å². The van der Waals surface area contributed by atoms with E-state index < -0.39 is 0 Å². The predicted octanol–water partition coefficient (Wildman–Crippen LogP) is 3.64. The normalized spacial score (nSPS) is 15.2. The zero-order chi connectivity index (χ0) is 22.3. The Morgan fingerprint density at radius 2 is 1.78 bits per heavy atom. The van der Waals surface area contributed by atoms with Gasteiger partial charge in [-0.15, -0.1) is 0 Å². The molecule has 2 amide bonds. The highest BCUT2D eigenvalue weighted by Crippen LogP contribution is 2.20. The highest BCUT2D eigenvalue weighted by molar-refractivity contribution is 6.04. The van der Waals surface area contributed by atoms with Crippen LogP contribution in [0.3, 0.4) is 0 Å². The summed E-state index contributed by atoms with van der Waals surface area (Å²) < 4.78 is 10.6. The Balaban J connectivity index is 1.50. The van der Waals surface area contributed by atoms with Gasteiger partial charge >= 0.3 is 0 Å². The number of amides is 2. The number of anilines is 1. The van der Waals surface area contributed by atoms with Crippen LogP contribution in [0.15, 0.2) is 71.3 Å². The zero-order valence-corrected chi connectivity index (χ0v) is 18.0. The van der Waals surface area contributed by atoms with Crippen molar-refractivity contribution >= 4 is 17.5 Å². The Labute approximate surface area is 187 Å². The van der Waals surface area contributed by atoms with Gasteiger partial charge in [-0.2, -0.15) is 0 Å². The number of rotatable bonds is 7. The minimum atomic E-state index is -0.356. The molecule has 1 atom stereocenters. The van der Waals surface area contributed by atoms with Gasteiger partial charge in [-0.1, -0.05) is 36.4 Å². The number of hydrogen-bond acceptors (Lipinski definition) is 5. The van der Waals surface area contributed by atoms with Gasteiger partial charge in [0.2, 0.25) is 0 Å². The van der Waals surface area contributed by atoms with Crippen LogP contribution in [-0.4, -0.2) is 49.6 Å². The molecule has 1 fully saturated rings. The SMILES string of the molecule is Cc1ccc(C(=O)NC(CN2CCOCC2)c2ccccc2)cc1NC(=O)c1ccco1. The predicted molar refractivity (Wildman–Crippen MR) is 122 cm³/mol. The van der Waals surface area contributed by atoms with Gasteiger partial charge in [-0.3, -0.25) is 14.5 Å². The van der Waals surface area contributed by atoms with Crippen LogP contribution >= 0.6 is 0 Å². The van der Waals surface area contributed by atoms with Crippen LogP contribution in [-0.2, 0) is 4.74 Å². The molecule has 7 nitrogen and oxygen atoms in total. The third kappa shape index (κ3) is 5.43. The molecular weight excluding hydrogens is 406 g/mol. The topological polar surface area (TPSA) is 83.8 Å². The number of carbonyl (C=O) groups is 2. The van der Waals surface area contributed by atoms with E-state index >= 15 is 0 Å². The van der Waals surface area contributed by atoms with E-state index in [4.69, 9.17) is 9.15 Å². The van der Waals surface area contributed by atoms with Gasteiger partial charge in [0.1, 0.15) is 0 Å². The summed E-state index contributed by atoms with van der Waals surface area (Å²) in [4.78, 5) is 27.8. The summed E-state index contributed by atoms with van der Waals surface area (Å²) in [6.07, 6.45) is 1.45. The lowest BCUT2D eigenvalue weighted by molar-refractivity contribution is 0.0332. The first-order valence-corrected chi connectivity index (χ1v) is 10.7. The van der Waals surface area contributed by atoms with Crippen molar-refractivity contribution in [3.63, 3.8) is 0 Å². The largest absolute Gasteiger partial charge is 0.459 e. The van der Waals surface area contributed by atoms with Crippen LogP contribution in [0.4, 0.5) is 5.69 Å². The summed E-state index contributed by atoms with van der Waals surface area (Å²) >= 11 is 0. The molecule has 1 unspecified atom stereocenters. The maximum Gasteiger partial charge on any atom is 0.291 e. The fourth-order valence-corrected chi connectivity index (χ4v) is 3.69. The standard InChI is InChI=1S/C25H27N3O4/c1-18-9-10-20(16-21(18)26-25(30)23-8-5-13-32-23)24(29)27-22(19-6-3-2-4-7-19)17-28-11-14-31-15-12-28/h2-10,13,16,22H,11-12,14-15,17H2,1H3,(H,26,30)(H,27,29). The quantitative estimate of drug-likeness (QED) is 0.594. The molecule has 0 radical (unpaired) electrons. The van der Waals surface area contributed by atoms with Crippen molar-refractivity contribution in [2.45, 2.75) is 13.0 Å². The highest BCUT2D eigenvalue weighted by Gasteiger charge is 2.21. The Morgan fingerprint density at radius 1 is 1.00 bits per heavy atom. The number of morpholine rings is 1. The molecule has 0 aliphatic carbocycles. The van der Waals surface area contributed by atoms with E-state index in [2.05, 4.69) is 15.5 Å². The van der Waals surface area contributed by atoms with Gasteiger partial charge in [0.15, 0.2) is 5.76 Å². The minimum absolute atomic E-state index is 0.163. The second-order valence-electron chi connectivity index (χ2n) is 7.81. The first-order chi connectivity index (χ1) is 15.6. The number of nitrogens with zero attached hydrogens (tertiary/aromatic N) is 1. The van der Waals surface area contributed by atoms with Gasteiger partial charge in [-0.05, 0) is 42.3 Å². The molecule has 166 valence electrons. The van der Waals surface area contributed by atoms with Crippen LogP contribution in [0.2, 0.25) is 0 Å². The Kier molecular flexibility index (Phi) is 6.99. The first-order valence-electron chi connectivity index (χ1n) is 10.7. The molecule has 1 aromatic heterocycles. The molecule has 1 aliphatic rings. The van der Waals surface area contributed by atoms with Gasteiger partial charge in [0.25, 0.3) is 11.8 Å². The summed E-state index contributed by atoms with van der Waals surface area (Å²) in [5, 5.41) is 6.00. The number of nitrogens with one attached hydrogen (secondary N) is 2. The van der Waals surface area contributed by atoms with Gasteiger partial charge in [-0.25, -0.2) is 0 Å². The smallest absolute Gasteiger partial charge is 0.291 e. The number of aryl methyl sites for hydroxylation is 1. The molecular formula is C25H27N3O4. The second kappa shape index (κ2) is 10.3. The van der Waals surface area contributed by atoms with Gasteiger partial charge in [0.05, 0.1) is 25.5 Å². The maximum atomic E-state index is 13.2. The van der Waals surface area contributed by atoms with Crippen molar-refractivity contribution in [3.8, 4) is 0 Å². The lowest BCUT2D eigenvalue weighted by Crippen LogP contribution is -2.43. The fourth-order valence-electron chi connectivity index (χ4n) is 3.69. The minimum Gasteiger partial charge on any atom is -0.459 e. The number of benzene rings is 2. The van der Waals surface area contributed by atoms with E-state index in [1.165, 1.54) is 6.26 Å². The molecule has 32 heavy (non-hydrogen) atoms. The van der Waals surface area contributed by atoms with Gasteiger partial charge < -0.3 is 19.8 Å². The molecule has 4 rings (SSSR count). The monoisotopic (exact) mass is 433 g/mol. The van der Waals surface area contributed by atoms with Crippen LogP contribution in [0, 0.1) is 6.92 Å². The third-order valence-corrected chi connectivity index (χ3v) is 5.54. The average Bonchev–Trinajstić information content (AvgIpc) is 3.36. The second-order valence-corrected chi connectivity index (χ2v) is 7.81. The number of carbonyl (C=O) groups excluding carboxylic acids is 2. The van der Waals surface area contributed by atoms with Crippen LogP contribution in [0.5, 0.6) is 0 Å². The maximum absolute atomic E-state index is 13.2. The van der Waals surface area contributed by atoms with E-state index in [1.807, 2.05) is 43.3 Å². The third-order valence-electron chi connectivity index (χ3n) is 5.54. The molecule has 2 N–H and O–H groups in total. The Morgan fingerprint density at radius 3 is 2.50 bits per heavy atom. The molecule has 3 aromatic rings. The summed E-state index contributed by atoms with van der Waals surface area (Å²) in [5.41, 5.74) is 2.96. The van der Waals surface area contributed by atoms with Crippen LogP contribution in [0.1, 0.15) is 38.1 Å². The van der Waals surface area contributed by atoms with E-state index in [0.717, 1.165) is 24.2 Å². The van der Waals surface area contributed by atoms with Crippen molar-refractivity contribution in [1.29, 1.82) is 0 Å². The van der Waals surface area contributed by atoms with E-state index in [1.54, 1.807) is 24.3 Å². The lowest BCUT2D eigenvalue weighted by Gasteiger charge is -2.31. The van der Waals surface area contributed by atoms with E-state index in [9.17, 15) is 9.59 Å². The molecule has 1 aliphatic heterocycles. The number of ether oxygens (including phenoxy) is 1. The molecule has 0 bridgehead atoms. The zero-order valence-electron chi connectivity index (χ0n) is 18.0. The average molecular weight is 434 g/mol. The summed E-state index contributed by atoms with van der Waals surface area (Å²) in [7, 11) is 0. The molecule has 1 saturated heterocycles. The van der Waals surface area contributed by atoms with Crippen molar-refractivity contribution in [2.75, 3.05) is 38.2 Å². The van der Waals surface area contributed by atoms with Crippen molar-refractivity contribution in [3.05, 3.63) is 89.4 Å². The van der Waals surface area contributed by atoms with Crippen molar-refractivity contribution in [2.24, 2.45) is 0 Å². The number of hydrogen-bond donors (Lipinski definition) is 2. The molecule has 7 heteroatoms. The number of furan rings is 1. The van der Waals surface area contributed by atoms with Crippen LogP contribution in [0.25, 0.3) is 0 Å². The Hall–Kier alpha value is -3.42. The van der Waals surface area contributed by atoms with Gasteiger partial charge in [0, 0.05) is 30.9 Å².